The van der Waals surface area contributed by atoms with Crippen molar-refractivity contribution in [2.24, 2.45) is 5.92 Å². The van der Waals surface area contributed by atoms with Crippen LogP contribution in [0.3, 0.4) is 0 Å². The average molecular weight is 346 g/mol. The van der Waals surface area contributed by atoms with Crippen LogP contribution in [0.25, 0.3) is 0 Å². The molecule has 2 atom stereocenters. The average Bonchev–Trinajstić information content (AvgIpc) is 2.62. The lowest BCUT2D eigenvalue weighted by atomic mass is 9.84. The maximum absolute atomic E-state index is 12.7. The number of halogens is 1. The van der Waals surface area contributed by atoms with Crippen molar-refractivity contribution in [1.29, 1.82) is 0 Å². The van der Waals surface area contributed by atoms with Gasteiger partial charge in [0.2, 0.25) is 0 Å². The Bertz CT molecular complexity index is 754. The second-order valence-electron chi connectivity index (χ2n) is 5.81. The zero-order chi connectivity index (χ0) is 17.1. The number of aromatic nitrogens is 2. The van der Waals surface area contributed by atoms with Crippen molar-refractivity contribution in [3.63, 3.8) is 0 Å². The lowest BCUT2D eigenvalue weighted by Crippen LogP contribution is -2.45. The smallest absolute Gasteiger partial charge is 0.308 e. The molecule has 0 bridgehead atoms. The summed E-state index contributed by atoms with van der Waals surface area (Å²) in [5.74, 6) is -1.92. The van der Waals surface area contributed by atoms with Crippen molar-refractivity contribution in [1.82, 2.24) is 14.9 Å². The Morgan fingerprint density at radius 1 is 1.21 bits per heavy atom. The minimum absolute atomic E-state index is 0.0365. The maximum Gasteiger partial charge on any atom is 0.308 e. The number of amides is 1. The summed E-state index contributed by atoms with van der Waals surface area (Å²) >= 11 is 6.00. The molecule has 6 nitrogen and oxygen atoms in total. The van der Waals surface area contributed by atoms with E-state index in [1.165, 1.54) is 17.4 Å². The fraction of sp³-hybridized carbons (Fsp3) is 0.294. The molecule has 0 radical (unpaired) electrons. The lowest BCUT2D eigenvalue weighted by Gasteiger charge is -2.36. The molecule has 3 rings (SSSR count). The van der Waals surface area contributed by atoms with E-state index in [9.17, 15) is 14.7 Å². The van der Waals surface area contributed by atoms with Gasteiger partial charge in [0.05, 0.1) is 10.9 Å². The second kappa shape index (κ2) is 6.97. The molecule has 1 aliphatic rings. The predicted octanol–water partition coefficient (Wildman–Crippen LogP) is 2.46. The van der Waals surface area contributed by atoms with E-state index < -0.39 is 11.9 Å². The minimum Gasteiger partial charge on any atom is -0.481 e. The summed E-state index contributed by atoms with van der Waals surface area (Å²) in [4.78, 5) is 33.5. The highest BCUT2D eigenvalue weighted by molar-refractivity contribution is 6.33. The van der Waals surface area contributed by atoms with Crippen LogP contribution in [0.1, 0.15) is 28.4 Å². The number of rotatable bonds is 3. The molecule has 1 aliphatic heterocycles. The van der Waals surface area contributed by atoms with Crippen LogP contribution in [0.4, 0.5) is 0 Å². The van der Waals surface area contributed by atoms with Crippen molar-refractivity contribution < 1.29 is 14.7 Å². The standard InChI is InChI=1S/C17H16ClN3O3/c18-14-7-19-10-20-15(14)16(22)21-8-12(6-13(9-21)17(23)24)11-4-2-1-3-5-11/h1-5,7,10,12-13H,6,8-9H2,(H,23,24). The fourth-order valence-electron chi connectivity index (χ4n) is 3.03. The number of hydrogen-bond acceptors (Lipinski definition) is 4. The Labute approximate surface area is 144 Å². The van der Waals surface area contributed by atoms with Crippen LogP contribution in [0.5, 0.6) is 0 Å². The van der Waals surface area contributed by atoms with Gasteiger partial charge in [0.1, 0.15) is 12.0 Å². The summed E-state index contributed by atoms with van der Waals surface area (Å²) in [7, 11) is 0. The molecule has 124 valence electrons. The molecule has 1 saturated heterocycles. The highest BCUT2D eigenvalue weighted by Crippen LogP contribution is 2.31. The number of nitrogens with zero attached hydrogens (tertiary/aromatic N) is 3. The maximum atomic E-state index is 12.7. The van der Waals surface area contributed by atoms with E-state index in [-0.39, 0.29) is 29.1 Å². The van der Waals surface area contributed by atoms with Crippen LogP contribution < -0.4 is 0 Å². The topological polar surface area (TPSA) is 83.4 Å². The van der Waals surface area contributed by atoms with Crippen molar-refractivity contribution in [3.8, 4) is 0 Å². The molecule has 2 aromatic rings. The number of piperidine rings is 1. The highest BCUT2D eigenvalue weighted by atomic mass is 35.5. The van der Waals surface area contributed by atoms with Crippen LogP contribution in [-0.2, 0) is 4.79 Å². The molecule has 2 heterocycles. The third-order valence-electron chi connectivity index (χ3n) is 4.23. The van der Waals surface area contributed by atoms with Crippen molar-refractivity contribution in [3.05, 3.63) is 59.1 Å². The van der Waals surface area contributed by atoms with Gasteiger partial charge in [0.25, 0.3) is 5.91 Å². The number of carboxylic acid groups (broad SMARTS) is 1. The van der Waals surface area contributed by atoms with Crippen LogP contribution in [-0.4, -0.2) is 44.9 Å². The molecular weight excluding hydrogens is 330 g/mol. The SMILES string of the molecule is O=C(O)C1CC(c2ccccc2)CN(C(=O)c2ncncc2Cl)C1. The Hall–Kier alpha value is -2.47. The molecule has 1 N–H and O–H groups in total. The van der Waals surface area contributed by atoms with Crippen molar-refractivity contribution in [2.75, 3.05) is 13.1 Å². The van der Waals surface area contributed by atoms with E-state index in [1.807, 2.05) is 30.3 Å². The van der Waals surface area contributed by atoms with E-state index >= 15 is 0 Å². The van der Waals surface area contributed by atoms with Gasteiger partial charge >= 0.3 is 5.97 Å². The van der Waals surface area contributed by atoms with Crippen LogP contribution >= 0.6 is 11.6 Å². The zero-order valence-electron chi connectivity index (χ0n) is 12.8. The van der Waals surface area contributed by atoms with Gasteiger partial charge < -0.3 is 10.0 Å². The summed E-state index contributed by atoms with van der Waals surface area (Å²) in [6.07, 6.45) is 3.11. The molecule has 1 fully saturated rings. The summed E-state index contributed by atoms with van der Waals surface area (Å²) < 4.78 is 0. The predicted molar refractivity (Wildman–Crippen MR) is 87.9 cm³/mol. The lowest BCUT2D eigenvalue weighted by molar-refractivity contribution is -0.143. The summed E-state index contributed by atoms with van der Waals surface area (Å²) in [5.41, 5.74) is 1.12. The Balaban J connectivity index is 1.88. The monoisotopic (exact) mass is 345 g/mol. The first kappa shape index (κ1) is 16.4. The normalized spacial score (nSPS) is 20.6. The van der Waals surface area contributed by atoms with E-state index in [0.29, 0.717) is 13.0 Å². The largest absolute Gasteiger partial charge is 0.481 e. The zero-order valence-corrected chi connectivity index (χ0v) is 13.6. The Morgan fingerprint density at radius 2 is 1.96 bits per heavy atom. The first-order valence-corrected chi connectivity index (χ1v) is 7.96. The third kappa shape index (κ3) is 3.38. The van der Waals surface area contributed by atoms with Gasteiger partial charge in [-0.25, -0.2) is 9.97 Å². The summed E-state index contributed by atoms with van der Waals surface area (Å²) in [5, 5.41) is 9.60. The molecule has 1 aromatic heterocycles. The van der Waals surface area contributed by atoms with Gasteiger partial charge in [0, 0.05) is 25.2 Å². The van der Waals surface area contributed by atoms with Gasteiger partial charge in [-0.05, 0) is 12.0 Å². The number of benzene rings is 1. The van der Waals surface area contributed by atoms with Gasteiger partial charge in [-0.2, -0.15) is 0 Å². The number of carboxylic acids is 1. The van der Waals surface area contributed by atoms with Crippen LogP contribution in [0.2, 0.25) is 5.02 Å². The number of carbonyl (C=O) groups excluding carboxylic acids is 1. The van der Waals surface area contributed by atoms with Gasteiger partial charge in [-0.3, -0.25) is 9.59 Å². The van der Waals surface area contributed by atoms with E-state index in [1.54, 1.807) is 0 Å². The quantitative estimate of drug-likeness (QED) is 0.923. The Kier molecular flexibility index (Phi) is 4.76. The molecule has 7 heteroatoms. The van der Waals surface area contributed by atoms with E-state index in [0.717, 1.165) is 5.56 Å². The number of carbonyl (C=O) groups is 2. The minimum atomic E-state index is -0.901. The fourth-order valence-corrected chi connectivity index (χ4v) is 3.22. The van der Waals surface area contributed by atoms with Crippen molar-refractivity contribution in [2.45, 2.75) is 12.3 Å². The van der Waals surface area contributed by atoms with E-state index in [4.69, 9.17) is 11.6 Å². The molecule has 24 heavy (non-hydrogen) atoms. The number of hydrogen-bond donors (Lipinski definition) is 1. The van der Waals surface area contributed by atoms with E-state index in [2.05, 4.69) is 9.97 Å². The van der Waals surface area contributed by atoms with Crippen molar-refractivity contribution >= 4 is 23.5 Å². The van der Waals surface area contributed by atoms with Gasteiger partial charge in [0.15, 0.2) is 0 Å². The van der Waals surface area contributed by atoms with Gasteiger partial charge in [-0.15, -0.1) is 0 Å². The molecule has 1 amide bonds. The number of likely N-dealkylation sites (tertiary alicyclic amines) is 1. The van der Waals surface area contributed by atoms with Crippen LogP contribution in [0.15, 0.2) is 42.9 Å². The molecule has 2 unspecified atom stereocenters. The first-order chi connectivity index (χ1) is 11.6. The Morgan fingerprint density at radius 3 is 2.62 bits per heavy atom. The molecule has 0 saturated carbocycles. The first-order valence-electron chi connectivity index (χ1n) is 7.58. The number of aliphatic carboxylic acids is 1. The molecule has 0 spiro atoms. The highest BCUT2D eigenvalue weighted by Gasteiger charge is 2.35. The molecular formula is C17H16ClN3O3. The second-order valence-corrected chi connectivity index (χ2v) is 6.22. The van der Waals surface area contributed by atoms with Gasteiger partial charge in [-0.1, -0.05) is 41.9 Å². The summed E-state index contributed by atoms with van der Waals surface area (Å²) in [6, 6.07) is 9.63. The summed E-state index contributed by atoms with van der Waals surface area (Å²) in [6.45, 7) is 0.588. The third-order valence-corrected chi connectivity index (χ3v) is 4.50. The van der Waals surface area contributed by atoms with Crippen LogP contribution in [0, 0.1) is 5.92 Å². The molecule has 1 aromatic carbocycles. The molecule has 0 aliphatic carbocycles.